The predicted molar refractivity (Wildman–Crippen MR) is 58.0 cm³/mol. The van der Waals surface area contributed by atoms with Crippen LogP contribution in [0.15, 0.2) is 0 Å². The van der Waals surface area contributed by atoms with Crippen LogP contribution in [0, 0.1) is 0 Å². The molecule has 2 heterocycles. The third-order valence-electron chi connectivity index (χ3n) is 3.93. The van der Waals surface area contributed by atoms with Gasteiger partial charge in [0.1, 0.15) is 5.54 Å². The first-order valence-electron chi connectivity index (χ1n) is 5.72. The molecule has 1 amide bonds. The van der Waals surface area contributed by atoms with Gasteiger partial charge in [0.25, 0.3) is 0 Å². The first-order chi connectivity index (χ1) is 7.47. The fourth-order valence-corrected chi connectivity index (χ4v) is 2.81. The van der Waals surface area contributed by atoms with Crippen molar-refractivity contribution < 1.29 is 14.7 Å². The maximum absolute atomic E-state index is 11.9. The number of aliphatic carboxylic acids is 1. The maximum Gasteiger partial charge on any atom is 0.323 e. The lowest BCUT2D eigenvalue weighted by Crippen LogP contribution is -2.54. The highest BCUT2D eigenvalue weighted by Crippen LogP contribution is 2.34. The topological polar surface area (TPSA) is 60.9 Å². The van der Waals surface area contributed by atoms with Gasteiger partial charge in [-0.05, 0) is 26.2 Å². The molecule has 2 fully saturated rings. The summed E-state index contributed by atoms with van der Waals surface area (Å²) in [6, 6.07) is -0.228. The summed E-state index contributed by atoms with van der Waals surface area (Å²) >= 11 is 0. The van der Waals surface area contributed by atoms with Gasteiger partial charge in [-0.25, -0.2) is 0 Å². The van der Waals surface area contributed by atoms with Gasteiger partial charge in [-0.3, -0.25) is 14.5 Å². The Morgan fingerprint density at radius 3 is 2.69 bits per heavy atom. The lowest BCUT2D eigenvalue weighted by atomic mass is 9.97. The van der Waals surface area contributed by atoms with Crippen LogP contribution < -0.4 is 0 Å². The van der Waals surface area contributed by atoms with Gasteiger partial charge in [-0.1, -0.05) is 0 Å². The van der Waals surface area contributed by atoms with Gasteiger partial charge < -0.3 is 10.0 Å². The van der Waals surface area contributed by atoms with Crippen LogP contribution in [0.4, 0.5) is 0 Å². The number of hydrogen-bond acceptors (Lipinski definition) is 3. The minimum absolute atomic E-state index is 0.0642. The van der Waals surface area contributed by atoms with E-state index in [9.17, 15) is 14.7 Å². The van der Waals surface area contributed by atoms with Crippen molar-refractivity contribution in [3.8, 4) is 0 Å². The summed E-state index contributed by atoms with van der Waals surface area (Å²) in [5.74, 6) is -0.748. The monoisotopic (exact) mass is 226 g/mol. The zero-order valence-electron chi connectivity index (χ0n) is 9.77. The number of likely N-dealkylation sites (tertiary alicyclic amines) is 2. The summed E-state index contributed by atoms with van der Waals surface area (Å²) in [6.45, 7) is 3.18. The van der Waals surface area contributed by atoms with E-state index in [1.54, 1.807) is 18.9 Å². The third kappa shape index (κ3) is 1.50. The number of carbonyl (C=O) groups excluding carboxylic acids is 1. The smallest absolute Gasteiger partial charge is 0.323 e. The Bertz CT molecular complexity index is 331. The van der Waals surface area contributed by atoms with Crippen molar-refractivity contribution in [3.05, 3.63) is 0 Å². The molecule has 90 valence electrons. The van der Waals surface area contributed by atoms with E-state index < -0.39 is 11.5 Å². The van der Waals surface area contributed by atoms with E-state index >= 15 is 0 Å². The van der Waals surface area contributed by atoms with Gasteiger partial charge in [0.2, 0.25) is 5.91 Å². The number of rotatable bonds is 2. The van der Waals surface area contributed by atoms with Gasteiger partial charge in [0.05, 0.1) is 6.04 Å². The van der Waals surface area contributed by atoms with E-state index in [-0.39, 0.29) is 11.9 Å². The van der Waals surface area contributed by atoms with Crippen LogP contribution in [0.5, 0.6) is 0 Å². The minimum atomic E-state index is -0.856. The van der Waals surface area contributed by atoms with E-state index in [4.69, 9.17) is 0 Å². The van der Waals surface area contributed by atoms with E-state index in [0.29, 0.717) is 13.0 Å². The zero-order chi connectivity index (χ0) is 11.9. The maximum atomic E-state index is 11.9. The lowest BCUT2D eigenvalue weighted by molar-refractivity contribution is -0.151. The van der Waals surface area contributed by atoms with Crippen LogP contribution >= 0.6 is 0 Å². The van der Waals surface area contributed by atoms with Gasteiger partial charge in [-0.2, -0.15) is 0 Å². The molecule has 1 N–H and O–H groups in total. The van der Waals surface area contributed by atoms with Crippen LogP contribution in [0.2, 0.25) is 0 Å². The van der Waals surface area contributed by atoms with E-state index in [2.05, 4.69) is 0 Å². The van der Waals surface area contributed by atoms with Crippen molar-refractivity contribution in [2.45, 2.75) is 37.8 Å². The summed E-state index contributed by atoms with van der Waals surface area (Å²) in [7, 11) is 1.77. The first-order valence-corrected chi connectivity index (χ1v) is 5.72. The van der Waals surface area contributed by atoms with E-state index in [1.807, 2.05) is 4.90 Å². The summed E-state index contributed by atoms with van der Waals surface area (Å²) in [5.41, 5.74) is -0.856. The molecule has 0 aromatic rings. The Balaban J connectivity index is 2.21. The van der Waals surface area contributed by atoms with Crippen molar-refractivity contribution in [3.63, 3.8) is 0 Å². The Kier molecular flexibility index (Phi) is 2.66. The Hall–Kier alpha value is -1.10. The molecule has 2 atom stereocenters. The summed E-state index contributed by atoms with van der Waals surface area (Å²) in [5, 5.41) is 9.29. The second kappa shape index (κ2) is 3.73. The summed E-state index contributed by atoms with van der Waals surface area (Å²) in [4.78, 5) is 26.8. The molecule has 2 aliphatic rings. The minimum Gasteiger partial charge on any atom is -0.480 e. The predicted octanol–water partition coefficient (Wildman–Crippen LogP) is 0.156. The average Bonchev–Trinajstić information content (AvgIpc) is 2.74. The normalized spacial score (nSPS) is 36.0. The number of carboxylic acids is 1. The highest BCUT2D eigenvalue weighted by atomic mass is 16.4. The quantitative estimate of drug-likeness (QED) is 0.728. The highest BCUT2D eigenvalue weighted by Gasteiger charge is 2.49. The van der Waals surface area contributed by atoms with E-state index in [0.717, 1.165) is 19.4 Å². The molecule has 0 saturated carbocycles. The number of hydrogen-bond donors (Lipinski definition) is 1. The number of amides is 1. The third-order valence-corrected chi connectivity index (χ3v) is 3.93. The van der Waals surface area contributed by atoms with Crippen molar-refractivity contribution >= 4 is 11.9 Å². The van der Waals surface area contributed by atoms with Crippen LogP contribution in [0.3, 0.4) is 0 Å². The molecule has 16 heavy (non-hydrogen) atoms. The van der Waals surface area contributed by atoms with Crippen molar-refractivity contribution in [2.75, 3.05) is 20.1 Å². The standard InChI is InChI=1S/C11H18N2O3/c1-11(10(15)16)5-3-6-13(11)8-4-7-12(2)9(8)14/h8H,3-7H2,1-2H3,(H,15,16). The Labute approximate surface area is 95.0 Å². The Morgan fingerprint density at radius 2 is 2.19 bits per heavy atom. The number of carbonyl (C=O) groups is 2. The molecule has 0 aromatic heterocycles. The Morgan fingerprint density at radius 1 is 1.50 bits per heavy atom. The first kappa shape index (κ1) is 11.4. The average molecular weight is 226 g/mol. The molecule has 2 aliphatic heterocycles. The largest absolute Gasteiger partial charge is 0.480 e. The number of nitrogens with zero attached hydrogens (tertiary/aromatic N) is 2. The van der Waals surface area contributed by atoms with Gasteiger partial charge >= 0.3 is 5.97 Å². The molecule has 0 spiro atoms. The molecule has 5 heteroatoms. The van der Waals surface area contributed by atoms with E-state index in [1.165, 1.54) is 0 Å². The molecule has 0 bridgehead atoms. The zero-order valence-corrected chi connectivity index (χ0v) is 9.77. The molecule has 0 radical (unpaired) electrons. The lowest BCUT2D eigenvalue weighted by Gasteiger charge is -2.34. The van der Waals surface area contributed by atoms with Crippen molar-refractivity contribution in [1.29, 1.82) is 0 Å². The van der Waals surface area contributed by atoms with Crippen LogP contribution in [-0.4, -0.2) is 58.5 Å². The van der Waals surface area contributed by atoms with Crippen LogP contribution in [-0.2, 0) is 9.59 Å². The van der Waals surface area contributed by atoms with Crippen molar-refractivity contribution in [1.82, 2.24) is 9.80 Å². The second-order valence-corrected chi connectivity index (χ2v) is 4.94. The summed E-state index contributed by atoms with van der Waals surface area (Å²) in [6.07, 6.45) is 2.24. The van der Waals surface area contributed by atoms with Crippen LogP contribution in [0.1, 0.15) is 26.2 Å². The SMILES string of the molecule is CN1CCC(N2CCCC2(C)C(=O)O)C1=O. The highest BCUT2D eigenvalue weighted by molar-refractivity contribution is 5.86. The van der Waals surface area contributed by atoms with Gasteiger partial charge in [0.15, 0.2) is 0 Å². The molecule has 5 nitrogen and oxygen atoms in total. The fraction of sp³-hybridized carbons (Fsp3) is 0.818. The number of carboxylic acid groups (broad SMARTS) is 1. The van der Waals surface area contributed by atoms with Crippen molar-refractivity contribution in [2.24, 2.45) is 0 Å². The second-order valence-electron chi connectivity index (χ2n) is 4.94. The molecular weight excluding hydrogens is 208 g/mol. The molecule has 2 saturated heterocycles. The van der Waals surface area contributed by atoms with Crippen LogP contribution in [0.25, 0.3) is 0 Å². The fourth-order valence-electron chi connectivity index (χ4n) is 2.81. The van der Waals surface area contributed by atoms with Gasteiger partial charge in [0, 0.05) is 20.1 Å². The summed E-state index contributed by atoms with van der Waals surface area (Å²) < 4.78 is 0. The van der Waals surface area contributed by atoms with Gasteiger partial charge in [-0.15, -0.1) is 0 Å². The molecule has 2 unspecified atom stereocenters. The molecule has 2 rings (SSSR count). The molecule has 0 aromatic carbocycles. The molecule has 0 aliphatic carbocycles. The number of likely N-dealkylation sites (N-methyl/N-ethyl adjacent to an activating group) is 1. The molecular formula is C11H18N2O3.